The lowest BCUT2D eigenvalue weighted by Crippen LogP contribution is -2.46. The first kappa shape index (κ1) is 19.0. The Balaban J connectivity index is 1.45. The van der Waals surface area contributed by atoms with Gasteiger partial charge in [0.15, 0.2) is 0 Å². The number of para-hydroxylation sites is 1. The zero-order chi connectivity index (χ0) is 20.4. The molecule has 0 bridgehead atoms. The second-order valence-corrected chi connectivity index (χ2v) is 7.31. The number of hydrogen-bond acceptors (Lipinski definition) is 6. The first-order chi connectivity index (χ1) is 14.0. The van der Waals surface area contributed by atoms with Gasteiger partial charge in [-0.15, -0.1) is 0 Å². The van der Waals surface area contributed by atoms with Crippen molar-refractivity contribution in [2.75, 3.05) is 13.1 Å². The molecule has 2 aromatic heterocycles. The minimum Gasteiger partial charge on any atom is -0.472 e. The fraction of sp³-hybridized carbons (Fsp3) is 0.381. The van der Waals surface area contributed by atoms with Crippen LogP contribution >= 0.6 is 0 Å². The van der Waals surface area contributed by atoms with Crippen molar-refractivity contribution < 1.29 is 9.53 Å². The van der Waals surface area contributed by atoms with Crippen LogP contribution < -0.4 is 10.3 Å². The van der Waals surface area contributed by atoms with Gasteiger partial charge in [-0.3, -0.25) is 14.2 Å². The molecule has 29 heavy (non-hydrogen) atoms. The predicted molar refractivity (Wildman–Crippen MR) is 108 cm³/mol. The molecular weight excluding hydrogens is 370 g/mol. The standard InChI is InChI=1S/C21H23N5O3/c1-14-10-19(24-15(2)23-14)29-16-6-5-9-25(11-16)20(27)12-26-13-22-18-8-4-3-7-17(18)21(26)28/h3-4,7-8,10,13,16H,5-6,9,11-12H2,1-2H3. The van der Waals surface area contributed by atoms with E-state index in [2.05, 4.69) is 15.0 Å². The van der Waals surface area contributed by atoms with Crippen molar-refractivity contribution in [2.24, 2.45) is 0 Å². The summed E-state index contributed by atoms with van der Waals surface area (Å²) in [6.45, 7) is 4.81. The van der Waals surface area contributed by atoms with E-state index >= 15 is 0 Å². The summed E-state index contributed by atoms with van der Waals surface area (Å²) in [7, 11) is 0. The van der Waals surface area contributed by atoms with Crippen molar-refractivity contribution in [2.45, 2.75) is 39.3 Å². The average molecular weight is 393 g/mol. The molecule has 1 amide bonds. The topological polar surface area (TPSA) is 90.2 Å². The van der Waals surface area contributed by atoms with E-state index in [9.17, 15) is 9.59 Å². The number of rotatable bonds is 4. The van der Waals surface area contributed by atoms with Gasteiger partial charge in [0.05, 0.1) is 23.8 Å². The monoisotopic (exact) mass is 393 g/mol. The van der Waals surface area contributed by atoms with Crippen molar-refractivity contribution in [3.63, 3.8) is 0 Å². The van der Waals surface area contributed by atoms with Gasteiger partial charge in [-0.1, -0.05) is 12.1 Å². The largest absolute Gasteiger partial charge is 0.472 e. The van der Waals surface area contributed by atoms with E-state index in [1.54, 1.807) is 29.2 Å². The summed E-state index contributed by atoms with van der Waals surface area (Å²) < 4.78 is 7.37. The molecular formula is C21H23N5O3. The number of nitrogens with zero attached hydrogens (tertiary/aromatic N) is 5. The number of aryl methyl sites for hydroxylation is 2. The quantitative estimate of drug-likeness (QED) is 0.672. The number of benzene rings is 1. The van der Waals surface area contributed by atoms with E-state index in [4.69, 9.17) is 4.74 Å². The van der Waals surface area contributed by atoms with E-state index in [-0.39, 0.29) is 24.1 Å². The molecule has 1 aromatic carbocycles. The molecule has 1 aliphatic rings. The highest BCUT2D eigenvalue weighted by Crippen LogP contribution is 2.18. The molecule has 150 valence electrons. The van der Waals surface area contributed by atoms with Gasteiger partial charge < -0.3 is 9.64 Å². The number of carbonyl (C=O) groups excluding carboxylic acids is 1. The van der Waals surface area contributed by atoms with E-state index in [1.165, 1.54) is 10.9 Å². The van der Waals surface area contributed by atoms with Crippen molar-refractivity contribution in [1.82, 2.24) is 24.4 Å². The highest BCUT2D eigenvalue weighted by Gasteiger charge is 2.25. The molecule has 0 spiro atoms. The van der Waals surface area contributed by atoms with Gasteiger partial charge in [0.2, 0.25) is 11.8 Å². The number of piperidine rings is 1. The molecule has 3 aromatic rings. The Morgan fingerprint density at radius 2 is 2.07 bits per heavy atom. The number of ether oxygens (including phenoxy) is 1. The van der Waals surface area contributed by atoms with Crippen LogP contribution in [0, 0.1) is 13.8 Å². The molecule has 8 nitrogen and oxygen atoms in total. The molecule has 0 saturated carbocycles. The van der Waals surface area contributed by atoms with E-state index in [0.29, 0.717) is 35.7 Å². The van der Waals surface area contributed by atoms with Crippen molar-refractivity contribution in [3.8, 4) is 5.88 Å². The van der Waals surface area contributed by atoms with E-state index < -0.39 is 0 Å². The summed E-state index contributed by atoms with van der Waals surface area (Å²) in [5.41, 5.74) is 1.27. The number of likely N-dealkylation sites (tertiary alicyclic amines) is 1. The molecule has 1 saturated heterocycles. The molecule has 1 fully saturated rings. The van der Waals surface area contributed by atoms with Crippen LogP contribution in [0.1, 0.15) is 24.4 Å². The fourth-order valence-electron chi connectivity index (χ4n) is 3.64. The van der Waals surface area contributed by atoms with Crippen LogP contribution in [0.15, 0.2) is 41.5 Å². The van der Waals surface area contributed by atoms with Crippen LogP contribution in [-0.2, 0) is 11.3 Å². The second-order valence-electron chi connectivity index (χ2n) is 7.31. The Hall–Kier alpha value is -3.29. The molecule has 0 radical (unpaired) electrons. The third-order valence-electron chi connectivity index (χ3n) is 5.00. The zero-order valence-electron chi connectivity index (χ0n) is 16.5. The Kier molecular flexibility index (Phi) is 5.24. The fourth-order valence-corrected chi connectivity index (χ4v) is 3.64. The van der Waals surface area contributed by atoms with Gasteiger partial charge in [-0.25, -0.2) is 9.97 Å². The SMILES string of the molecule is Cc1cc(OC2CCCN(C(=O)Cn3cnc4ccccc4c3=O)C2)nc(C)n1. The molecule has 3 heterocycles. The van der Waals surface area contributed by atoms with Gasteiger partial charge in [0, 0.05) is 18.3 Å². The smallest absolute Gasteiger partial charge is 0.261 e. The maximum Gasteiger partial charge on any atom is 0.261 e. The first-order valence-corrected chi connectivity index (χ1v) is 9.70. The van der Waals surface area contributed by atoms with Gasteiger partial charge in [0.1, 0.15) is 18.5 Å². The highest BCUT2D eigenvalue weighted by molar-refractivity contribution is 5.79. The van der Waals surface area contributed by atoms with Crippen molar-refractivity contribution in [3.05, 3.63) is 58.5 Å². The maximum absolute atomic E-state index is 12.8. The van der Waals surface area contributed by atoms with E-state index in [1.807, 2.05) is 19.9 Å². The minimum absolute atomic E-state index is 0.0326. The lowest BCUT2D eigenvalue weighted by Gasteiger charge is -2.32. The van der Waals surface area contributed by atoms with Gasteiger partial charge in [0.25, 0.3) is 5.56 Å². The molecule has 1 unspecified atom stereocenters. The Morgan fingerprint density at radius 1 is 1.24 bits per heavy atom. The summed E-state index contributed by atoms with van der Waals surface area (Å²) in [5, 5.41) is 0.511. The molecule has 1 atom stereocenters. The lowest BCUT2D eigenvalue weighted by atomic mass is 10.1. The molecule has 8 heteroatoms. The third-order valence-corrected chi connectivity index (χ3v) is 5.00. The minimum atomic E-state index is -0.208. The van der Waals surface area contributed by atoms with Crippen LogP contribution in [-0.4, -0.2) is 49.5 Å². The van der Waals surface area contributed by atoms with E-state index in [0.717, 1.165) is 18.5 Å². The Morgan fingerprint density at radius 3 is 2.90 bits per heavy atom. The van der Waals surface area contributed by atoms with Gasteiger partial charge in [-0.05, 0) is 38.8 Å². The van der Waals surface area contributed by atoms with Gasteiger partial charge in [-0.2, -0.15) is 4.98 Å². The van der Waals surface area contributed by atoms with Crippen molar-refractivity contribution >= 4 is 16.8 Å². The summed E-state index contributed by atoms with van der Waals surface area (Å²) in [4.78, 5) is 40.0. The zero-order valence-corrected chi connectivity index (χ0v) is 16.5. The number of fused-ring (bicyclic) bond motifs is 1. The Bertz CT molecular complexity index is 1090. The highest BCUT2D eigenvalue weighted by atomic mass is 16.5. The number of amides is 1. The number of hydrogen-bond donors (Lipinski definition) is 0. The first-order valence-electron chi connectivity index (χ1n) is 9.70. The summed E-state index contributed by atoms with van der Waals surface area (Å²) in [6.07, 6.45) is 2.99. The molecule has 4 rings (SSSR count). The van der Waals surface area contributed by atoms with Crippen LogP contribution in [0.25, 0.3) is 10.9 Å². The summed E-state index contributed by atoms with van der Waals surface area (Å²) in [5.74, 6) is 1.07. The lowest BCUT2D eigenvalue weighted by molar-refractivity contribution is -0.134. The van der Waals surface area contributed by atoms with Crippen molar-refractivity contribution in [1.29, 1.82) is 0 Å². The van der Waals surface area contributed by atoms with Gasteiger partial charge >= 0.3 is 0 Å². The third kappa shape index (κ3) is 4.26. The second kappa shape index (κ2) is 7.98. The van der Waals surface area contributed by atoms with Crippen LogP contribution in [0.3, 0.4) is 0 Å². The Labute approximate surface area is 168 Å². The number of carbonyl (C=O) groups is 1. The summed E-state index contributed by atoms with van der Waals surface area (Å²) >= 11 is 0. The predicted octanol–water partition coefficient (Wildman–Crippen LogP) is 1.87. The average Bonchev–Trinajstić information content (AvgIpc) is 2.70. The van der Waals surface area contributed by atoms with Crippen LogP contribution in [0.4, 0.5) is 0 Å². The molecule has 0 N–H and O–H groups in total. The maximum atomic E-state index is 12.8. The number of aromatic nitrogens is 4. The van der Waals surface area contributed by atoms with Crippen LogP contribution in [0.2, 0.25) is 0 Å². The normalized spacial score (nSPS) is 16.8. The van der Waals surface area contributed by atoms with Crippen LogP contribution in [0.5, 0.6) is 5.88 Å². The summed E-state index contributed by atoms with van der Waals surface area (Å²) in [6, 6.07) is 8.93. The molecule has 0 aliphatic carbocycles. The molecule has 1 aliphatic heterocycles.